The van der Waals surface area contributed by atoms with Crippen molar-refractivity contribution in [2.24, 2.45) is 0 Å². The van der Waals surface area contributed by atoms with Crippen LogP contribution in [0.4, 0.5) is 5.69 Å². The molecule has 0 atom stereocenters. The Morgan fingerprint density at radius 3 is 2.67 bits per heavy atom. The second-order valence-electron chi connectivity index (χ2n) is 4.71. The van der Waals surface area contributed by atoms with Gasteiger partial charge in [0, 0.05) is 18.7 Å². The van der Waals surface area contributed by atoms with Gasteiger partial charge in [-0.3, -0.25) is 10.1 Å². The van der Waals surface area contributed by atoms with Crippen molar-refractivity contribution in [3.63, 3.8) is 0 Å². The molecule has 0 fully saturated rings. The Labute approximate surface area is 123 Å². The van der Waals surface area contributed by atoms with E-state index in [1.807, 2.05) is 24.3 Å². The van der Waals surface area contributed by atoms with Gasteiger partial charge in [0.1, 0.15) is 5.75 Å². The minimum atomic E-state index is -0.375. The van der Waals surface area contributed by atoms with Crippen molar-refractivity contribution in [3.8, 4) is 5.75 Å². The number of non-ortho nitro benzene ring substituents is 1. The van der Waals surface area contributed by atoms with Gasteiger partial charge in [-0.2, -0.15) is 0 Å². The molecule has 5 heteroatoms. The number of nitrogens with zero attached hydrogens (tertiary/aromatic N) is 1. The SMILES string of the molecule is COc1cccc(CCNCc2cccc([N+](=O)[O-])c2)c1. The Morgan fingerprint density at radius 1 is 1.14 bits per heavy atom. The molecule has 0 aromatic heterocycles. The molecule has 5 nitrogen and oxygen atoms in total. The van der Waals surface area contributed by atoms with E-state index in [0.717, 1.165) is 24.3 Å². The molecule has 0 aliphatic carbocycles. The van der Waals surface area contributed by atoms with Crippen molar-refractivity contribution in [3.05, 3.63) is 69.8 Å². The topological polar surface area (TPSA) is 64.4 Å². The molecule has 0 heterocycles. The third-order valence-corrected chi connectivity index (χ3v) is 3.18. The Kier molecular flexibility index (Phi) is 5.29. The fraction of sp³-hybridized carbons (Fsp3) is 0.250. The van der Waals surface area contributed by atoms with E-state index in [-0.39, 0.29) is 10.6 Å². The van der Waals surface area contributed by atoms with Crippen LogP contribution in [0.2, 0.25) is 0 Å². The van der Waals surface area contributed by atoms with Gasteiger partial charge in [0.2, 0.25) is 0 Å². The lowest BCUT2D eigenvalue weighted by molar-refractivity contribution is -0.384. The average Bonchev–Trinajstić information content (AvgIpc) is 2.52. The number of nitro groups is 1. The maximum absolute atomic E-state index is 10.7. The smallest absolute Gasteiger partial charge is 0.269 e. The Bertz CT molecular complexity index is 614. The predicted octanol–water partition coefficient (Wildman–Crippen LogP) is 2.94. The normalized spacial score (nSPS) is 10.3. The highest BCUT2D eigenvalue weighted by Crippen LogP contribution is 2.14. The molecule has 0 amide bonds. The lowest BCUT2D eigenvalue weighted by Crippen LogP contribution is -2.16. The number of hydrogen-bond acceptors (Lipinski definition) is 4. The number of methoxy groups -OCH3 is 1. The van der Waals surface area contributed by atoms with Crippen LogP contribution in [0.15, 0.2) is 48.5 Å². The van der Waals surface area contributed by atoms with E-state index in [9.17, 15) is 10.1 Å². The first kappa shape index (κ1) is 15.0. The summed E-state index contributed by atoms with van der Waals surface area (Å²) in [4.78, 5) is 10.3. The summed E-state index contributed by atoms with van der Waals surface area (Å²) in [7, 11) is 1.65. The van der Waals surface area contributed by atoms with E-state index in [0.29, 0.717) is 6.54 Å². The highest BCUT2D eigenvalue weighted by Gasteiger charge is 2.05. The molecule has 0 radical (unpaired) electrons. The van der Waals surface area contributed by atoms with Crippen LogP contribution in [0.25, 0.3) is 0 Å². The van der Waals surface area contributed by atoms with Gasteiger partial charge in [-0.15, -0.1) is 0 Å². The monoisotopic (exact) mass is 286 g/mol. The minimum Gasteiger partial charge on any atom is -0.497 e. The predicted molar refractivity (Wildman–Crippen MR) is 81.5 cm³/mol. The van der Waals surface area contributed by atoms with Crippen LogP contribution in [-0.4, -0.2) is 18.6 Å². The number of nitrogens with one attached hydrogen (secondary N) is 1. The molecule has 0 aliphatic rings. The van der Waals surface area contributed by atoms with Crippen LogP contribution in [0.5, 0.6) is 5.75 Å². The van der Waals surface area contributed by atoms with Gasteiger partial charge in [0.25, 0.3) is 5.69 Å². The number of ether oxygens (including phenoxy) is 1. The Balaban J connectivity index is 1.81. The zero-order valence-corrected chi connectivity index (χ0v) is 11.9. The van der Waals surface area contributed by atoms with Crippen molar-refractivity contribution in [1.82, 2.24) is 5.32 Å². The molecule has 0 unspecified atom stereocenters. The van der Waals surface area contributed by atoms with Crippen molar-refractivity contribution in [2.45, 2.75) is 13.0 Å². The quantitative estimate of drug-likeness (QED) is 0.483. The van der Waals surface area contributed by atoms with E-state index in [1.54, 1.807) is 19.2 Å². The number of benzene rings is 2. The summed E-state index contributed by atoms with van der Waals surface area (Å²) in [5.74, 6) is 0.853. The fourth-order valence-corrected chi connectivity index (χ4v) is 2.07. The summed E-state index contributed by atoms with van der Waals surface area (Å²) < 4.78 is 5.18. The average molecular weight is 286 g/mol. The van der Waals surface area contributed by atoms with Crippen LogP contribution in [-0.2, 0) is 13.0 Å². The molecule has 0 saturated carbocycles. The van der Waals surface area contributed by atoms with E-state index in [2.05, 4.69) is 11.4 Å². The maximum atomic E-state index is 10.7. The zero-order chi connectivity index (χ0) is 15.1. The molecule has 21 heavy (non-hydrogen) atoms. The number of hydrogen-bond donors (Lipinski definition) is 1. The number of rotatable bonds is 7. The van der Waals surface area contributed by atoms with Crippen molar-refractivity contribution >= 4 is 5.69 Å². The molecule has 2 aromatic rings. The van der Waals surface area contributed by atoms with Crippen LogP contribution < -0.4 is 10.1 Å². The zero-order valence-electron chi connectivity index (χ0n) is 11.9. The largest absolute Gasteiger partial charge is 0.497 e. The summed E-state index contributed by atoms with van der Waals surface area (Å²) in [5.41, 5.74) is 2.23. The van der Waals surface area contributed by atoms with Crippen molar-refractivity contribution in [2.75, 3.05) is 13.7 Å². The standard InChI is InChI=1S/C16H18N2O3/c1-21-16-7-3-4-13(11-16)8-9-17-12-14-5-2-6-15(10-14)18(19)20/h2-7,10-11,17H,8-9,12H2,1H3. The summed E-state index contributed by atoms with van der Waals surface area (Å²) in [5, 5.41) is 14.0. The molecule has 2 rings (SSSR count). The molecule has 1 N–H and O–H groups in total. The van der Waals surface area contributed by atoms with Crippen LogP contribution in [0.3, 0.4) is 0 Å². The van der Waals surface area contributed by atoms with Crippen LogP contribution in [0, 0.1) is 10.1 Å². The van der Waals surface area contributed by atoms with Gasteiger partial charge < -0.3 is 10.1 Å². The third kappa shape index (κ3) is 4.57. The summed E-state index contributed by atoms with van der Waals surface area (Å²) >= 11 is 0. The van der Waals surface area contributed by atoms with Gasteiger partial charge in [0.05, 0.1) is 12.0 Å². The first-order chi connectivity index (χ1) is 10.2. The van der Waals surface area contributed by atoms with Gasteiger partial charge >= 0.3 is 0 Å². The summed E-state index contributed by atoms with van der Waals surface area (Å²) in [6, 6.07) is 14.6. The molecule has 110 valence electrons. The molecule has 0 bridgehead atoms. The fourth-order valence-electron chi connectivity index (χ4n) is 2.07. The van der Waals surface area contributed by atoms with Crippen LogP contribution in [0.1, 0.15) is 11.1 Å². The van der Waals surface area contributed by atoms with Crippen LogP contribution >= 0.6 is 0 Å². The van der Waals surface area contributed by atoms with Gasteiger partial charge in [0.15, 0.2) is 0 Å². The van der Waals surface area contributed by atoms with Crippen molar-refractivity contribution in [1.29, 1.82) is 0 Å². The Hall–Kier alpha value is -2.40. The van der Waals surface area contributed by atoms with Crippen molar-refractivity contribution < 1.29 is 9.66 Å². The van der Waals surface area contributed by atoms with E-state index >= 15 is 0 Å². The van der Waals surface area contributed by atoms with E-state index in [4.69, 9.17) is 4.74 Å². The first-order valence-corrected chi connectivity index (χ1v) is 6.76. The number of nitro benzene ring substituents is 1. The molecule has 2 aromatic carbocycles. The van der Waals surface area contributed by atoms with Gasteiger partial charge in [-0.05, 0) is 36.2 Å². The van der Waals surface area contributed by atoms with Gasteiger partial charge in [-0.1, -0.05) is 24.3 Å². The summed E-state index contributed by atoms with van der Waals surface area (Å²) in [6.45, 7) is 1.42. The summed E-state index contributed by atoms with van der Waals surface area (Å²) in [6.07, 6.45) is 0.881. The second-order valence-corrected chi connectivity index (χ2v) is 4.71. The lowest BCUT2D eigenvalue weighted by atomic mass is 10.1. The molecule has 0 spiro atoms. The second kappa shape index (κ2) is 7.40. The third-order valence-electron chi connectivity index (χ3n) is 3.18. The molecule has 0 saturated heterocycles. The highest BCUT2D eigenvalue weighted by atomic mass is 16.6. The van der Waals surface area contributed by atoms with Gasteiger partial charge in [-0.25, -0.2) is 0 Å². The van der Waals surface area contributed by atoms with E-state index < -0.39 is 0 Å². The molecular weight excluding hydrogens is 268 g/mol. The lowest BCUT2D eigenvalue weighted by Gasteiger charge is -2.06. The Morgan fingerprint density at radius 2 is 1.90 bits per heavy atom. The molecular formula is C16H18N2O3. The molecule has 0 aliphatic heterocycles. The maximum Gasteiger partial charge on any atom is 0.269 e. The highest BCUT2D eigenvalue weighted by molar-refractivity contribution is 5.34. The minimum absolute atomic E-state index is 0.127. The van der Waals surface area contributed by atoms with E-state index in [1.165, 1.54) is 11.6 Å². The first-order valence-electron chi connectivity index (χ1n) is 6.76.